The van der Waals surface area contributed by atoms with Gasteiger partial charge in [0.25, 0.3) is 0 Å². The number of carbonyl (C=O) groups excluding carboxylic acids is 1. The fourth-order valence-electron chi connectivity index (χ4n) is 2.45. The second kappa shape index (κ2) is 11.6. The monoisotopic (exact) mass is 806 g/mol. The van der Waals surface area contributed by atoms with Gasteiger partial charge in [0.2, 0.25) is 0 Å². The van der Waals surface area contributed by atoms with Gasteiger partial charge in [-0.3, -0.25) is 0 Å². The van der Waals surface area contributed by atoms with Crippen molar-refractivity contribution in [3.63, 3.8) is 0 Å². The van der Waals surface area contributed by atoms with Crippen molar-refractivity contribution in [2.24, 2.45) is 0 Å². The number of carbonyl (C=O) groups is 1. The van der Waals surface area contributed by atoms with Crippen LogP contribution in [0.2, 0.25) is 0 Å². The number of rotatable bonds is 15. The van der Waals surface area contributed by atoms with Gasteiger partial charge in [0.1, 0.15) is 0 Å². The van der Waals surface area contributed by atoms with Crippen LogP contribution in [0.5, 0.6) is 0 Å². The number of hydrogen-bond acceptors (Lipinski definition) is 3. The SMILES string of the molecule is C=CC(=O)OC(F)(F)C(F)(F)OC(F)(F)C(F)(F)C(F)(F)C(F)(F)C(F)(F)C(F)(F)C(F)(F)C(F)(F)C(F)(F)C(F)(F)C(F)(F)C(F)(F)F. The Hall–Kier alpha value is -2.86. The molecule has 0 unspecified atom stereocenters. The molecule has 3 nitrogen and oxygen atoms in total. The maximum atomic E-state index is 13.7. The van der Waals surface area contributed by atoms with Gasteiger partial charge >= 0.3 is 89.7 Å². The molecule has 0 fully saturated rings. The van der Waals surface area contributed by atoms with Gasteiger partial charge in [-0.1, -0.05) is 6.58 Å². The lowest BCUT2D eigenvalue weighted by Gasteiger charge is -2.45. The fraction of sp³-hybridized carbons (Fsp3) is 0.824. The van der Waals surface area contributed by atoms with Crippen LogP contribution in [-0.4, -0.2) is 89.7 Å². The number of alkyl halides is 29. The van der Waals surface area contributed by atoms with Gasteiger partial charge in [0.05, 0.1) is 0 Å². The van der Waals surface area contributed by atoms with Crippen LogP contribution in [0.3, 0.4) is 0 Å². The Morgan fingerprint density at radius 1 is 0.347 bits per heavy atom. The average Bonchev–Trinajstić information content (AvgIpc) is 2.85. The number of ether oxygens (including phenoxy) is 2. The van der Waals surface area contributed by atoms with Crippen molar-refractivity contribution in [3.8, 4) is 0 Å². The molecule has 0 atom stereocenters. The zero-order chi connectivity index (χ0) is 40.7. The topological polar surface area (TPSA) is 35.5 Å². The first kappa shape index (κ1) is 46.1. The molecule has 0 radical (unpaired) electrons. The maximum absolute atomic E-state index is 13.7. The zero-order valence-electron chi connectivity index (χ0n) is 21.0. The third-order valence-electron chi connectivity index (χ3n) is 5.26. The van der Waals surface area contributed by atoms with Gasteiger partial charge in [-0.15, -0.1) is 0 Å². The Labute approximate surface area is 245 Å². The first-order valence-electron chi connectivity index (χ1n) is 10.2. The first-order chi connectivity index (χ1) is 20.7. The van der Waals surface area contributed by atoms with Crippen LogP contribution in [0.4, 0.5) is 127 Å². The molecule has 0 aliphatic rings. The van der Waals surface area contributed by atoms with Gasteiger partial charge in [-0.25, -0.2) is 9.53 Å². The molecule has 0 aliphatic heterocycles. The molecule has 0 saturated heterocycles. The molecule has 0 heterocycles. The highest BCUT2D eigenvalue weighted by Crippen LogP contribution is 2.68. The lowest BCUT2D eigenvalue weighted by molar-refractivity contribution is -0.526. The van der Waals surface area contributed by atoms with Crippen LogP contribution >= 0.6 is 0 Å². The van der Waals surface area contributed by atoms with Gasteiger partial charge < -0.3 is 4.74 Å². The van der Waals surface area contributed by atoms with Crippen molar-refractivity contribution in [1.29, 1.82) is 0 Å². The Bertz CT molecular complexity index is 1240. The molecule has 49 heavy (non-hydrogen) atoms. The minimum Gasteiger partial charge on any atom is -0.391 e. The van der Waals surface area contributed by atoms with Gasteiger partial charge in [0.15, 0.2) is 0 Å². The highest BCUT2D eigenvalue weighted by atomic mass is 19.4. The smallest absolute Gasteiger partial charge is 0.391 e. The van der Waals surface area contributed by atoms with E-state index in [9.17, 15) is 132 Å². The second-order valence-corrected chi connectivity index (χ2v) is 8.52. The number of esters is 1. The zero-order valence-corrected chi connectivity index (χ0v) is 21.0. The standard InChI is InChI=1S/C17H3F29O3/c1-2-3(47)48-16(43,44)17(45,46)49-15(41,42)13(36,37)11(32,33)9(28,29)7(24,25)5(20,21)4(18,19)6(22,23)8(26,27)10(30,31)12(34,35)14(38,39)40/h2H,1H2. The van der Waals surface area contributed by atoms with Crippen molar-refractivity contribution in [2.45, 2.75) is 83.7 Å². The van der Waals surface area contributed by atoms with E-state index in [0.29, 0.717) is 0 Å². The summed E-state index contributed by atoms with van der Waals surface area (Å²) in [4.78, 5) is 10.5. The molecule has 0 aromatic rings. The lowest BCUT2D eigenvalue weighted by atomic mass is 9.85. The predicted octanol–water partition coefficient (Wildman–Crippen LogP) is 9.43. The van der Waals surface area contributed by atoms with E-state index < -0.39 is 95.8 Å². The Kier molecular flexibility index (Phi) is 10.9. The minimum absolute atomic E-state index is 0.591. The van der Waals surface area contributed by atoms with Gasteiger partial charge in [-0.2, -0.15) is 127 Å². The van der Waals surface area contributed by atoms with Crippen molar-refractivity contribution in [3.05, 3.63) is 12.7 Å². The summed E-state index contributed by atoms with van der Waals surface area (Å²) in [7, 11) is 0. The summed E-state index contributed by atoms with van der Waals surface area (Å²) in [5.41, 5.74) is 0. The summed E-state index contributed by atoms with van der Waals surface area (Å²) in [5, 5.41) is 0. The number of halogens is 29. The summed E-state index contributed by atoms with van der Waals surface area (Å²) < 4.78 is 389. The summed E-state index contributed by atoms with van der Waals surface area (Å²) in [6.45, 7) is 2.19. The highest BCUT2D eigenvalue weighted by Gasteiger charge is 3.00. The van der Waals surface area contributed by atoms with Crippen molar-refractivity contribution in [2.75, 3.05) is 0 Å². The van der Waals surface area contributed by atoms with Crippen LogP contribution in [0.25, 0.3) is 0 Å². The molecule has 32 heteroatoms. The van der Waals surface area contributed by atoms with Gasteiger partial charge in [-0.05, 0) is 0 Å². The molecule has 0 saturated carbocycles. The molecule has 0 aromatic carbocycles. The van der Waals surface area contributed by atoms with Crippen LogP contribution in [-0.2, 0) is 14.3 Å². The average molecular weight is 806 g/mol. The molecule has 0 bridgehead atoms. The molecule has 0 spiro atoms. The fourth-order valence-corrected chi connectivity index (χ4v) is 2.45. The third-order valence-corrected chi connectivity index (χ3v) is 5.26. The van der Waals surface area contributed by atoms with Crippen LogP contribution in [0, 0.1) is 0 Å². The van der Waals surface area contributed by atoms with Gasteiger partial charge in [0, 0.05) is 6.08 Å². The first-order valence-corrected chi connectivity index (χ1v) is 10.2. The molecule has 0 aliphatic carbocycles. The lowest BCUT2D eigenvalue weighted by Crippen LogP contribution is -2.78. The van der Waals surface area contributed by atoms with E-state index >= 15 is 0 Å². The van der Waals surface area contributed by atoms with E-state index in [0.717, 1.165) is 4.74 Å². The highest BCUT2D eigenvalue weighted by molar-refractivity contribution is 5.81. The summed E-state index contributed by atoms with van der Waals surface area (Å²) in [6, 6.07) is 0. The number of hydrogen-bond donors (Lipinski definition) is 0. The summed E-state index contributed by atoms with van der Waals surface area (Å²) in [6.07, 6.45) is -32.5. The maximum Gasteiger partial charge on any atom is 0.496 e. The normalized spacial score (nSPS) is 16.5. The van der Waals surface area contributed by atoms with E-state index in [1.165, 1.54) is 0 Å². The van der Waals surface area contributed by atoms with Crippen LogP contribution in [0.15, 0.2) is 12.7 Å². The Balaban J connectivity index is 7.35. The van der Waals surface area contributed by atoms with Crippen LogP contribution in [0.1, 0.15) is 0 Å². The van der Waals surface area contributed by atoms with E-state index in [1.54, 1.807) is 0 Å². The third kappa shape index (κ3) is 6.02. The molecular formula is C17H3F29O3. The van der Waals surface area contributed by atoms with E-state index in [1.807, 2.05) is 0 Å². The minimum atomic E-state index is -9.94. The largest absolute Gasteiger partial charge is 0.496 e. The molecule has 0 rings (SSSR count). The second-order valence-electron chi connectivity index (χ2n) is 8.52. The van der Waals surface area contributed by atoms with Crippen molar-refractivity contribution >= 4 is 5.97 Å². The van der Waals surface area contributed by atoms with E-state index in [2.05, 4.69) is 11.3 Å². The summed E-state index contributed by atoms with van der Waals surface area (Å²) >= 11 is 0. The predicted molar refractivity (Wildman–Crippen MR) is 87.7 cm³/mol. The molecule has 0 N–H and O–H groups in total. The molecule has 292 valence electrons. The van der Waals surface area contributed by atoms with Crippen molar-refractivity contribution < 1.29 is 142 Å². The summed E-state index contributed by atoms with van der Waals surface area (Å²) in [5.74, 6) is -98.8. The molecular weight excluding hydrogens is 803 g/mol. The molecule has 0 aromatic heterocycles. The van der Waals surface area contributed by atoms with Crippen LogP contribution < -0.4 is 0 Å². The van der Waals surface area contributed by atoms with Crippen molar-refractivity contribution in [1.82, 2.24) is 0 Å². The quantitative estimate of drug-likeness (QED) is 0.0941. The van der Waals surface area contributed by atoms with E-state index in [-0.39, 0.29) is 0 Å². The Morgan fingerprint density at radius 3 is 0.796 bits per heavy atom. The van der Waals surface area contributed by atoms with E-state index in [4.69, 9.17) is 0 Å². The molecule has 0 amide bonds. The Morgan fingerprint density at radius 2 is 0.571 bits per heavy atom.